The lowest BCUT2D eigenvalue weighted by molar-refractivity contribution is -0.151. The van der Waals surface area contributed by atoms with E-state index in [0.29, 0.717) is 70.8 Å². The van der Waals surface area contributed by atoms with Crippen LogP contribution in [0.15, 0.2) is 143 Å². The number of carbonyl (C=O) groups is 4. The van der Waals surface area contributed by atoms with E-state index < -0.39 is 122 Å². The maximum absolute atomic E-state index is 14.9. The summed E-state index contributed by atoms with van der Waals surface area (Å²) < 4.78 is 149. The van der Waals surface area contributed by atoms with Crippen LogP contribution in [0.5, 0.6) is 0 Å². The minimum absolute atomic E-state index is 0.0583. The number of hydrogen-bond donors (Lipinski definition) is 6. The molecule has 6 N–H and O–H groups in total. The van der Waals surface area contributed by atoms with Crippen molar-refractivity contribution in [3.05, 3.63) is 187 Å². The minimum Gasteiger partial charge on any atom is -0.480 e. The van der Waals surface area contributed by atoms with E-state index >= 15 is 0 Å². The molecule has 9 heterocycles. The van der Waals surface area contributed by atoms with E-state index in [1.165, 1.54) is 91.2 Å². The van der Waals surface area contributed by atoms with Crippen LogP contribution in [0, 0.1) is 17.5 Å². The molecule has 7 atom stereocenters. The fraction of sp³-hybridized carbons (Fsp3) is 0.412. The number of aliphatic carboxylic acids is 1. The van der Waals surface area contributed by atoms with Gasteiger partial charge in [-0.2, -0.15) is 0 Å². The number of carbonyl (C=O) groups excluding carboxylic acids is 3. The number of carboxylic acid groups (broad SMARTS) is 1. The largest absolute Gasteiger partial charge is 0.480 e. The highest BCUT2D eigenvalue weighted by Gasteiger charge is 2.47. The van der Waals surface area contributed by atoms with Gasteiger partial charge in [-0.25, -0.2) is 73.6 Å². The highest BCUT2D eigenvalue weighted by molar-refractivity contribution is 9.10. The van der Waals surface area contributed by atoms with Gasteiger partial charge in [-0.3, -0.25) is 29.7 Å². The fourth-order valence-electron chi connectivity index (χ4n) is 12.1. The number of aliphatic imine (C=N–C) groups is 3. The van der Waals surface area contributed by atoms with Crippen LogP contribution >= 0.6 is 73.1 Å². The van der Waals surface area contributed by atoms with Crippen molar-refractivity contribution in [2.24, 2.45) is 15.0 Å². The fourth-order valence-corrected chi connectivity index (χ4v) is 15.0. The number of alkyl halides is 6. The molecule has 3 saturated heterocycles. The normalized spacial score (nSPS) is 23.3. The van der Waals surface area contributed by atoms with Crippen molar-refractivity contribution in [3.63, 3.8) is 0 Å². The van der Waals surface area contributed by atoms with Gasteiger partial charge in [-0.15, -0.1) is 34.0 Å². The molecule has 12 rings (SSSR count). The number of amidine groups is 3. The average molecular weight is 1650 g/mol. The Morgan fingerprint density at radius 1 is 0.566 bits per heavy atom. The van der Waals surface area contributed by atoms with Gasteiger partial charge in [-0.05, 0) is 75.6 Å². The van der Waals surface area contributed by atoms with Crippen LogP contribution in [0.25, 0.3) is 0 Å². The van der Waals surface area contributed by atoms with Crippen LogP contribution in [0.3, 0.4) is 0 Å². The van der Waals surface area contributed by atoms with Crippen molar-refractivity contribution in [1.82, 2.24) is 45.6 Å². The monoisotopic (exact) mass is 1640 g/mol. The zero-order valence-electron chi connectivity index (χ0n) is 56.3. The van der Waals surface area contributed by atoms with E-state index in [2.05, 4.69) is 56.8 Å². The SMILES string of the molecule is CCOC(=O)C1=C(CN2CC(F)C(OCC(=O)O)C(F)C2)NC(c2nccs2)=N[C@H]1c1ccc(F)cc1Br.CCOC(=O)C1=C(CN2CCC(O)C(F)(F)C2)NC(c2nccs2)=N[C@H]1c1ccc(F)cc1Cl.CCOC(=O)C1=C(CN2CC[C@@H](O)C(F)(F)C2)NC(c2nccs2)=N[C@H]1c1ccc(F)cc1Cl. The first-order valence-electron chi connectivity index (χ1n) is 32.8. The van der Waals surface area contributed by atoms with Crippen LogP contribution < -0.4 is 16.0 Å². The van der Waals surface area contributed by atoms with Gasteiger partial charge < -0.3 is 50.2 Å². The number of esters is 3. The third-order valence-corrected chi connectivity index (χ3v) is 20.6. The van der Waals surface area contributed by atoms with Crippen molar-refractivity contribution in [2.75, 3.05) is 85.3 Å². The molecule has 23 nitrogen and oxygen atoms in total. The second-order valence-electron chi connectivity index (χ2n) is 24.3. The number of carboxylic acids is 1. The average Bonchev–Trinajstić information content (AvgIpc) is 1.72. The molecule has 0 radical (unpaired) electrons. The number of thiazole rings is 3. The van der Waals surface area contributed by atoms with Crippen molar-refractivity contribution < 1.29 is 93.0 Å². The minimum atomic E-state index is -3.29. The summed E-state index contributed by atoms with van der Waals surface area (Å²) in [5.41, 5.74) is 2.39. The molecule has 0 saturated carbocycles. The van der Waals surface area contributed by atoms with E-state index in [0.717, 1.165) is 12.1 Å². The third-order valence-electron chi connectivity index (χ3n) is 16.9. The molecule has 568 valence electrons. The molecular formula is C68H68BrCl2F9N12O11S3. The predicted octanol–water partition coefficient (Wildman–Crippen LogP) is 10.5. The summed E-state index contributed by atoms with van der Waals surface area (Å²) in [6.07, 6.45) is -4.05. The zero-order valence-corrected chi connectivity index (χ0v) is 61.8. The Bertz CT molecular complexity index is 4170. The number of aromatic nitrogens is 3. The summed E-state index contributed by atoms with van der Waals surface area (Å²) in [6, 6.07) is 8.61. The first kappa shape index (κ1) is 80.8. The lowest BCUT2D eigenvalue weighted by Gasteiger charge is -2.38. The van der Waals surface area contributed by atoms with Crippen LogP contribution in [0.2, 0.25) is 10.0 Å². The number of piperidine rings is 3. The molecule has 6 aliphatic rings. The highest BCUT2D eigenvalue weighted by Crippen LogP contribution is 2.42. The van der Waals surface area contributed by atoms with Gasteiger partial charge in [0.15, 0.2) is 32.5 Å². The lowest BCUT2D eigenvalue weighted by Crippen LogP contribution is -2.54. The molecule has 38 heteroatoms. The summed E-state index contributed by atoms with van der Waals surface area (Å²) in [5.74, 6) is -10.6. The number of ether oxygens (including phenoxy) is 4. The first-order chi connectivity index (χ1) is 50.6. The number of rotatable bonds is 21. The molecular weight excluding hydrogens is 1580 g/mol. The Balaban J connectivity index is 0.000000170. The summed E-state index contributed by atoms with van der Waals surface area (Å²) >= 11 is 19.9. The van der Waals surface area contributed by atoms with Gasteiger partial charge in [0.2, 0.25) is 0 Å². The number of aliphatic hydroxyl groups is 2. The standard InChI is InChI=1S/C24H24BrF3N4O5S.2C22H22ClF3N4O3S/c1-2-36-24(35)19-17(10-32-8-15(27)21(16(28)9-32)37-11-18(33)34)30-22(23-29-5-6-38-23)31-20(19)13-4-3-12(26)7-14(13)25;2*1-2-33-21(32)17-15(10-30-7-5-16(31)22(25,26)11-30)28-19(20-27-6-8-34-20)29-18(17)13-4-3-12(24)9-14(13)23/h3-7,15-16,20-21H,2,8-11H2,1H3,(H,30,31)(H,33,34);2*3-4,6,8-9,16,18,31H,2,5,7,10-11H2,1H3,(H,28,29)/t15?,16?,20-,21?;16?,18-;16-,18+/m001/s1. The Labute approximate surface area is 630 Å². The van der Waals surface area contributed by atoms with E-state index in [9.17, 15) is 68.9 Å². The van der Waals surface area contributed by atoms with Gasteiger partial charge in [0.05, 0.1) is 49.6 Å². The van der Waals surface area contributed by atoms with Gasteiger partial charge in [0.1, 0.15) is 72.8 Å². The van der Waals surface area contributed by atoms with Gasteiger partial charge >= 0.3 is 23.9 Å². The molecule has 0 spiro atoms. The Morgan fingerprint density at radius 2 is 0.915 bits per heavy atom. The lowest BCUT2D eigenvalue weighted by atomic mass is 9.94. The Hall–Kier alpha value is -7.75. The maximum Gasteiger partial charge on any atom is 0.338 e. The van der Waals surface area contributed by atoms with Crippen molar-refractivity contribution in [2.45, 2.75) is 94.2 Å². The van der Waals surface area contributed by atoms with Crippen LogP contribution in [-0.2, 0) is 38.1 Å². The van der Waals surface area contributed by atoms with Crippen molar-refractivity contribution >= 4 is 115 Å². The van der Waals surface area contributed by atoms with Crippen molar-refractivity contribution in [1.29, 1.82) is 0 Å². The summed E-state index contributed by atoms with van der Waals surface area (Å²) in [4.78, 5) is 81.2. The number of nitrogens with zero attached hydrogens (tertiary/aromatic N) is 9. The Kier molecular flexibility index (Phi) is 27.4. The van der Waals surface area contributed by atoms with Crippen molar-refractivity contribution in [3.8, 4) is 0 Å². The number of hydrogen-bond acceptors (Lipinski definition) is 25. The molecule has 0 aliphatic carbocycles. The topological polar surface area (TPSA) is 287 Å². The predicted molar refractivity (Wildman–Crippen MR) is 379 cm³/mol. The second-order valence-corrected chi connectivity index (χ2v) is 28.7. The number of benzene rings is 3. The molecule has 0 bridgehead atoms. The maximum atomic E-state index is 14.9. The summed E-state index contributed by atoms with van der Waals surface area (Å²) in [6.45, 7) is 2.66. The van der Waals surface area contributed by atoms with E-state index in [1.54, 1.807) is 55.5 Å². The Morgan fingerprint density at radius 3 is 1.24 bits per heavy atom. The van der Waals surface area contributed by atoms with E-state index in [-0.39, 0.29) is 105 Å². The van der Waals surface area contributed by atoms with Gasteiger partial charge in [0, 0.05) is 123 Å². The summed E-state index contributed by atoms with van der Waals surface area (Å²) in [7, 11) is 0. The first-order valence-corrected chi connectivity index (χ1v) is 36.9. The molecule has 3 aromatic carbocycles. The van der Waals surface area contributed by atoms with Crippen LogP contribution in [0.1, 0.15) is 83.5 Å². The van der Waals surface area contributed by atoms with Crippen LogP contribution in [0.4, 0.5) is 39.5 Å². The number of halogens is 12. The molecule has 0 amide bonds. The second kappa shape index (κ2) is 36.0. The zero-order chi connectivity index (χ0) is 76.3. The van der Waals surface area contributed by atoms with Crippen LogP contribution in [-0.4, -0.2) is 214 Å². The van der Waals surface area contributed by atoms with Gasteiger partial charge in [-0.1, -0.05) is 57.3 Å². The molecule has 3 fully saturated rings. The molecule has 3 unspecified atom stereocenters. The molecule has 6 aliphatic heterocycles. The molecule has 3 aromatic heterocycles. The number of nitrogens with one attached hydrogen (secondary N) is 3. The number of likely N-dealkylation sites (tertiary alicyclic amines) is 3. The number of aliphatic hydroxyl groups excluding tert-OH is 2. The highest BCUT2D eigenvalue weighted by atomic mass is 79.9. The smallest absolute Gasteiger partial charge is 0.338 e. The summed E-state index contributed by atoms with van der Waals surface area (Å²) in [5, 5.41) is 44.2. The van der Waals surface area contributed by atoms with E-state index in [1.807, 2.05) is 0 Å². The van der Waals surface area contributed by atoms with Gasteiger partial charge in [0.25, 0.3) is 11.8 Å². The molecule has 6 aromatic rings. The van der Waals surface area contributed by atoms with E-state index in [4.69, 9.17) is 52.2 Å². The molecule has 106 heavy (non-hydrogen) atoms. The quantitative estimate of drug-likeness (QED) is 0.0222. The third kappa shape index (κ3) is 19.8.